The van der Waals surface area contributed by atoms with Crippen LogP contribution in [0.2, 0.25) is 0 Å². The molecule has 0 radical (unpaired) electrons. The van der Waals surface area contributed by atoms with Gasteiger partial charge in [0, 0.05) is 31.1 Å². The molecule has 2 heterocycles. The van der Waals surface area contributed by atoms with Gasteiger partial charge >= 0.3 is 0 Å². The van der Waals surface area contributed by atoms with E-state index in [1.807, 2.05) is 13.0 Å². The van der Waals surface area contributed by atoms with Gasteiger partial charge in [0.25, 0.3) is 0 Å². The maximum absolute atomic E-state index is 9.83. The molecule has 0 unspecified atom stereocenters. The molecule has 0 fully saturated rings. The fourth-order valence-electron chi connectivity index (χ4n) is 3.33. The van der Waals surface area contributed by atoms with Crippen LogP contribution < -0.4 is 10.2 Å². The van der Waals surface area contributed by atoms with Gasteiger partial charge in [-0.25, -0.2) is 9.97 Å². The summed E-state index contributed by atoms with van der Waals surface area (Å²) in [6.07, 6.45) is 1.60. The van der Waals surface area contributed by atoms with Crippen molar-refractivity contribution >= 4 is 11.6 Å². The van der Waals surface area contributed by atoms with Gasteiger partial charge in [0.05, 0.1) is 6.10 Å². The van der Waals surface area contributed by atoms with Gasteiger partial charge in [-0.2, -0.15) is 0 Å². The summed E-state index contributed by atoms with van der Waals surface area (Å²) in [5.74, 6) is 3.07. The van der Waals surface area contributed by atoms with Gasteiger partial charge in [-0.15, -0.1) is 0 Å². The molecule has 2 atom stereocenters. The first-order valence-corrected chi connectivity index (χ1v) is 10.1. The predicted octanol–water partition coefficient (Wildman–Crippen LogP) is 4.43. The molecule has 0 bridgehead atoms. The summed E-state index contributed by atoms with van der Waals surface area (Å²) in [5.41, 5.74) is 3.64. The number of hydrogen-bond acceptors (Lipinski definition) is 5. The highest BCUT2D eigenvalue weighted by atomic mass is 16.3. The number of fused-ring (bicyclic) bond motifs is 1. The molecule has 0 saturated carbocycles. The third kappa shape index (κ3) is 4.59. The van der Waals surface area contributed by atoms with Crippen molar-refractivity contribution < 1.29 is 5.11 Å². The van der Waals surface area contributed by atoms with Crippen molar-refractivity contribution in [3.8, 4) is 0 Å². The van der Waals surface area contributed by atoms with E-state index < -0.39 is 6.10 Å². The minimum atomic E-state index is -0.419. The van der Waals surface area contributed by atoms with E-state index in [1.165, 1.54) is 11.1 Å². The quantitative estimate of drug-likeness (QED) is 0.790. The summed E-state index contributed by atoms with van der Waals surface area (Å²) in [6.45, 7) is 12.2. The molecule has 27 heavy (non-hydrogen) atoms. The number of nitrogens with one attached hydrogen (secondary N) is 1. The number of anilines is 2. The number of aliphatic hydroxyl groups is 1. The van der Waals surface area contributed by atoms with E-state index in [0.29, 0.717) is 6.04 Å². The van der Waals surface area contributed by atoms with E-state index in [0.717, 1.165) is 49.0 Å². The van der Waals surface area contributed by atoms with Crippen LogP contribution in [0, 0.1) is 0 Å². The lowest BCUT2D eigenvalue weighted by Crippen LogP contribution is -2.31. The minimum Gasteiger partial charge on any atom is -0.389 e. The third-order valence-electron chi connectivity index (χ3n) is 5.30. The summed E-state index contributed by atoms with van der Waals surface area (Å²) in [6, 6.07) is 8.78. The average molecular weight is 369 g/mol. The number of nitrogens with zero attached hydrogens (tertiary/aromatic N) is 3. The first-order chi connectivity index (χ1) is 12.9. The summed E-state index contributed by atoms with van der Waals surface area (Å²) in [5, 5.41) is 13.3. The number of rotatable bonds is 6. The lowest BCUT2D eigenvalue weighted by Gasteiger charge is -2.31. The van der Waals surface area contributed by atoms with Crippen LogP contribution in [0.4, 0.5) is 11.6 Å². The highest BCUT2D eigenvalue weighted by Crippen LogP contribution is 2.28. The van der Waals surface area contributed by atoms with Crippen LogP contribution in [0.3, 0.4) is 0 Å². The summed E-state index contributed by atoms with van der Waals surface area (Å²) in [7, 11) is 0. The fraction of sp³-hybridized carbons (Fsp3) is 0.545. The summed E-state index contributed by atoms with van der Waals surface area (Å²) >= 11 is 0. The van der Waals surface area contributed by atoms with Crippen LogP contribution in [0.25, 0.3) is 0 Å². The average Bonchev–Trinajstić information content (AvgIpc) is 2.66. The standard InChI is InChI=1S/C22H32N4O/c1-6-15(4)23-20-12-21(25-22(24-20)14(2)3)26-10-9-18-11-17(16(5)27)7-8-19(18)13-26/h7-8,11-12,14-16,27H,6,9-10,13H2,1-5H3,(H,23,24,25)/t15-,16-/m1/s1. The van der Waals surface area contributed by atoms with Gasteiger partial charge in [-0.1, -0.05) is 39.0 Å². The van der Waals surface area contributed by atoms with Crippen LogP contribution >= 0.6 is 0 Å². The Hall–Kier alpha value is -2.14. The zero-order valence-corrected chi connectivity index (χ0v) is 17.2. The van der Waals surface area contributed by atoms with E-state index >= 15 is 0 Å². The van der Waals surface area contributed by atoms with Gasteiger partial charge < -0.3 is 15.3 Å². The first kappa shape index (κ1) is 19.6. The Morgan fingerprint density at radius 2 is 1.89 bits per heavy atom. The molecular formula is C22H32N4O. The Kier molecular flexibility index (Phi) is 6.00. The minimum absolute atomic E-state index is 0.285. The largest absolute Gasteiger partial charge is 0.389 e. The number of hydrogen-bond donors (Lipinski definition) is 2. The molecule has 5 nitrogen and oxygen atoms in total. The van der Waals surface area contributed by atoms with Crippen molar-refractivity contribution in [1.82, 2.24) is 9.97 Å². The number of aromatic nitrogens is 2. The highest BCUT2D eigenvalue weighted by molar-refractivity contribution is 5.52. The predicted molar refractivity (Wildman–Crippen MR) is 111 cm³/mol. The van der Waals surface area contributed by atoms with Gasteiger partial charge in [0.15, 0.2) is 0 Å². The zero-order chi connectivity index (χ0) is 19.6. The Bertz CT molecular complexity index is 788. The SMILES string of the molecule is CC[C@@H](C)Nc1cc(N2CCc3cc([C@@H](C)O)ccc3C2)nc(C(C)C)n1. The Morgan fingerprint density at radius 1 is 1.11 bits per heavy atom. The molecule has 146 valence electrons. The van der Waals surface area contributed by atoms with Crippen molar-refractivity contribution in [3.63, 3.8) is 0 Å². The van der Waals surface area contributed by atoms with Crippen molar-refractivity contribution in [2.24, 2.45) is 0 Å². The molecule has 2 aromatic rings. The summed E-state index contributed by atoms with van der Waals surface area (Å²) < 4.78 is 0. The fourth-order valence-corrected chi connectivity index (χ4v) is 3.33. The van der Waals surface area contributed by atoms with Gasteiger partial charge in [-0.3, -0.25) is 0 Å². The maximum Gasteiger partial charge on any atom is 0.135 e. The summed E-state index contributed by atoms with van der Waals surface area (Å²) in [4.78, 5) is 11.9. The van der Waals surface area contributed by atoms with E-state index in [9.17, 15) is 5.11 Å². The molecule has 0 spiro atoms. The van der Waals surface area contributed by atoms with Crippen LogP contribution in [-0.4, -0.2) is 27.7 Å². The molecule has 0 amide bonds. The molecule has 2 N–H and O–H groups in total. The lowest BCUT2D eigenvalue weighted by atomic mass is 9.96. The van der Waals surface area contributed by atoms with E-state index in [2.05, 4.69) is 56.1 Å². The van der Waals surface area contributed by atoms with Crippen LogP contribution in [0.1, 0.15) is 75.6 Å². The molecule has 0 saturated heterocycles. The van der Waals surface area contributed by atoms with E-state index in [-0.39, 0.29) is 5.92 Å². The smallest absolute Gasteiger partial charge is 0.135 e. The van der Waals surface area contributed by atoms with Crippen LogP contribution in [0.5, 0.6) is 0 Å². The topological polar surface area (TPSA) is 61.3 Å². The van der Waals surface area contributed by atoms with Crippen LogP contribution in [0.15, 0.2) is 24.3 Å². The molecule has 1 aliphatic heterocycles. The second-order valence-electron chi connectivity index (χ2n) is 7.95. The van der Waals surface area contributed by atoms with Crippen molar-refractivity contribution in [1.29, 1.82) is 0 Å². The monoisotopic (exact) mass is 368 g/mol. The van der Waals surface area contributed by atoms with Crippen LogP contribution in [-0.2, 0) is 13.0 Å². The number of aliphatic hydroxyl groups excluding tert-OH is 1. The Morgan fingerprint density at radius 3 is 2.56 bits per heavy atom. The molecular weight excluding hydrogens is 336 g/mol. The van der Waals surface area contributed by atoms with Gasteiger partial charge in [-0.05, 0) is 43.4 Å². The third-order valence-corrected chi connectivity index (χ3v) is 5.30. The zero-order valence-electron chi connectivity index (χ0n) is 17.2. The molecule has 5 heteroatoms. The normalized spacial score (nSPS) is 16.2. The maximum atomic E-state index is 9.83. The number of benzene rings is 1. The molecule has 1 aliphatic rings. The first-order valence-electron chi connectivity index (χ1n) is 10.1. The molecule has 1 aromatic heterocycles. The van der Waals surface area contributed by atoms with E-state index in [4.69, 9.17) is 9.97 Å². The Balaban J connectivity index is 1.87. The van der Waals surface area contributed by atoms with Crippen molar-refractivity contribution in [2.45, 2.75) is 72.1 Å². The second kappa shape index (κ2) is 8.26. The molecule has 3 rings (SSSR count). The van der Waals surface area contributed by atoms with E-state index in [1.54, 1.807) is 0 Å². The molecule has 1 aromatic carbocycles. The van der Waals surface area contributed by atoms with Crippen molar-refractivity contribution in [2.75, 3.05) is 16.8 Å². The van der Waals surface area contributed by atoms with Gasteiger partial charge in [0.2, 0.25) is 0 Å². The lowest BCUT2D eigenvalue weighted by molar-refractivity contribution is 0.199. The molecule has 0 aliphatic carbocycles. The van der Waals surface area contributed by atoms with Gasteiger partial charge in [0.1, 0.15) is 17.5 Å². The second-order valence-corrected chi connectivity index (χ2v) is 7.95. The highest BCUT2D eigenvalue weighted by Gasteiger charge is 2.20. The Labute approximate surface area is 162 Å². The van der Waals surface area contributed by atoms with Crippen molar-refractivity contribution in [3.05, 3.63) is 46.8 Å².